The van der Waals surface area contributed by atoms with Gasteiger partial charge in [0, 0.05) is 30.8 Å². The van der Waals surface area contributed by atoms with Crippen LogP contribution in [-0.2, 0) is 16.2 Å². The van der Waals surface area contributed by atoms with Crippen molar-refractivity contribution in [1.29, 1.82) is 0 Å². The molecule has 2 aromatic rings. The van der Waals surface area contributed by atoms with Crippen molar-refractivity contribution >= 4 is 28.4 Å². The van der Waals surface area contributed by atoms with Gasteiger partial charge in [-0.1, -0.05) is 25.9 Å². The minimum Gasteiger partial charge on any atom is -0.481 e. The molecule has 8 nitrogen and oxygen atoms in total. The third kappa shape index (κ3) is 2.94. The lowest BCUT2D eigenvalue weighted by Crippen LogP contribution is -2.57. The van der Waals surface area contributed by atoms with Gasteiger partial charge < -0.3 is 15.3 Å². The van der Waals surface area contributed by atoms with Gasteiger partial charge in [0.05, 0.1) is 28.4 Å². The molecule has 0 radical (unpaired) electrons. The lowest BCUT2D eigenvalue weighted by Gasteiger charge is -2.52. The molecule has 2 saturated carbocycles. The number of aromatic nitrogens is 3. The Morgan fingerprint density at radius 3 is 2.61 bits per heavy atom. The number of pyridine rings is 1. The van der Waals surface area contributed by atoms with Crippen molar-refractivity contribution in [3.8, 4) is 0 Å². The number of aryl methyl sites for hydroxylation is 1. The average Bonchev–Trinajstić information content (AvgIpc) is 3.26. The summed E-state index contributed by atoms with van der Waals surface area (Å²) in [5, 5.41) is 23.5. The van der Waals surface area contributed by atoms with Crippen LogP contribution in [0.4, 0.5) is 5.69 Å². The number of oxime groups is 1. The first-order valence-electron chi connectivity index (χ1n) is 11.3. The molecular weight excluding hydrogens is 394 g/mol. The van der Waals surface area contributed by atoms with Crippen molar-refractivity contribution in [3.05, 3.63) is 18.0 Å². The van der Waals surface area contributed by atoms with Gasteiger partial charge in [-0.2, -0.15) is 5.10 Å². The molecule has 1 aliphatic heterocycles. The van der Waals surface area contributed by atoms with Crippen LogP contribution in [-0.4, -0.2) is 43.2 Å². The molecule has 3 aliphatic rings. The highest BCUT2D eigenvalue weighted by Crippen LogP contribution is 2.55. The largest absolute Gasteiger partial charge is 0.481 e. The quantitative estimate of drug-likeness (QED) is 0.745. The molecule has 8 heteroatoms. The maximum Gasteiger partial charge on any atom is 0.310 e. The van der Waals surface area contributed by atoms with Gasteiger partial charge in [-0.3, -0.25) is 4.79 Å². The second-order valence-electron chi connectivity index (χ2n) is 10.5. The number of hydrogen-bond acceptors (Lipinski definition) is 6. The zero-order valence-corrected chi connectivity index (χ0v) is 18.7. The number of carbonyl (C=O) groups is 1. The molecule has 0 bridgehead atoms. The molecule has 3 heterocycles. The molecule has 1 spiro atoms. The highest BCUT2D eigenvalue weighted by molar-refractivity contribution is 6.10. The van der Waals surface area contributed by atoms with Crippen molar-refractivity contribution in [1.82, 2.24) is 14.8 Å². The Bertz CT molecular complexity index is 1070. The second kappa shape index (κ2) is 6.68. The van der Waals surface area contributed by atoms with E-state index in [1.165, 1.54) is 6.42 Å². The number of aliphatic carboxylic acids is 1. The summed E-state index contributed by atoms with van der Waals surface area (Å²) in [7, 11) is 0. The third-order valence-electron chi connectivity index (χ3n) is 7.76. The zero-order valence-electron chi connectivity index (χ0n) is 18.7. The first-order valence-corrected chi connectivity index (χ1v) is 11.3. The van der Waals surface area contributed by atoms with Gasteiger partial charge in [0.2, 0.25) is 0 Å². The van der Waals surface area contributed by atoms with Gasteiger partial charge in [-0.15, -0.1) is 0 Å². The Balaban J connectivity index is 1.48. The van der Waals surface area contributed by atoms with Crippen molar-refractivity contribution < 1.29 is 14.7 Å². The lowest BCUT2D eigenvalue weighted by atomic mass is 9.53. The van der Waals surface area contributed by atoms with Crippen LogP contribution in [0.1, 0.15) is 71.8 Å². The Morgan fingerprint density at radius 1 is 1.32 bits per heavy atom. The van der Waals surface area contributed by atoms with Crippen LogP contribution in [0.3, 0.4) is 0 Å². The van der Waals surface area contributed by atoms with Gasteiger partial charge in [0.15, 0.2) is 5.65 Å². The molecule has 31 heavy (non-hydrogen) atoms. The minimum absolute atomic E-state index is 0.0743. The number of nitrogens with zero attached hydrogens (tertiary/aromatic N) is 4. The van der Waals surface area contributed by atoms with Crippen LogP contribution in [0.25, 0.3) is 11.0 Å². The number of fused-ring (bicyclic) bond motifs is 1. The predicted molar refractivity (Wildman–Crippen MR) is 118 cm³/mol. The Kier molecular flexibility index (Phi) is 4.37. The topological polar surface area (TPSA) is 102 Å². The second-order valence-corrected chi connectivity index (χ2v) is 10.5. The predicted octanol–water partition coefficient (Wildman–Crippen LogP) is 4.19. The maximum atomic E-state index is 12.1. The summed E-state index contributed by atoms with van der Waals surface area (Å²) in [6, 6.07) is 0.0743. The van der Waals surface area contributed by atoms with Crippen LogP contribution in [0.15, 0.2) is 17.5 Å². The van der Waals surface area contributed by atoms with Crippen LogP contribution >= 0.6 is 0 Å². The van der Waals surface area contributed by atoms with Crippen LogP contribution in [0.5, 0.6) is 0 Å². The van der Waals surface area contributed by atoms with E-state index in [9.17, 15) is 9.90 Å². The highest BCUT2D eigenvalue weighted by Gasteiger charge is 2.57. The first-order chi connectivity index (χ1) is 14.7. The molecule has 166 valence electrons. The number of carboxylic acids is 1. The number of hydrogen-bond donors (Lipinski definition) is 2. The molecular formula is C23H31N5O3. The van der Waals surface area contributed by atoms with Gasteiger partial charge >= 0.3 is 5.97 Å². The van der Waals surface area contributed by atoms with Crippen LogP contribution < -0.4 is 5.32 Å². The van der Waals surface area contributed by atoms with Gasteiger partial charge in [-0.25, -0.2) is 9.67 Å². The van der Waals surface area contributed by atoms with Crippen molar-refractivity contribution in [2.45, 2.75) is 84.4 Å². The fourth-order valence-electron chi connectivity index (χ4n) is 5.33. The molecule has 0 aromatic carbocycles. The number of anilines is 1. The fraction of sp³-hybridized carbons (Fsp3) is 0.652. The first kappa shape index (κ1) is 20.3. The van der Waals surface area contributed by atoms with E-state index in [0.717, 1.165) is 53.8 Å². The van der Waals surface area contributed by atoms with E-state index >= 15 is 0 Å². The molecule has 0 saturated heterocycles. The summed E-state index contributed by atoms with van der Waals surface area (Å²) in [6.07, 6.45) is 8.95. The zero-order chi connectivity index (χ0) is 22.0. The summed E-state index contributed by atoms with van der Waals surface area (Å²) < 4.78 is 1.88. The summed E-state index contributed by atoms with van der Waals surface area (Å²) in [4.78, 5) is 22.6. The van der Waals surface area contributed by atoms with Crippen molar-refractivity contribution in [2.24, 2.45) is 16.0 Å². The number of rotatable bonds is 5. The molecule has 0 amide bonds. The van der Waals surface area contributed by atoms with Gasteiger partial charge in [0.1, 0.15) is 5.60 Å². The maximum absolute atomic E-state index is 12.1. The standard InChI is InChI=1S/C23H31N5O3/c1-5-28-19-16(13-25-28)18(26-14-9-23(10-14,20(29)30)21(2,3)4)15(12-24-19)17-11-22(31-27-17)7-6-8-22/h12-14H,5-11H2,1-4H3,(H,24,26)(H,29,30). The SMILES string of the molecule is CCn1ncc2c(NC3CC(C(=O)O)(C(C)(C)C)C3)c(C3=NOC4(CCC4)C3)cnc21. The third-order valence-corrected chi connectivity index (χ3v) is 7.76. The van der Waals surface area contributed by atoms with Gasteiger partial charge in [0.25, 0.3) is 0 Å². The summed E-state index contributed by atoms with van der Waals surface area (Å²) >= 11 is 0. The Morgan fingerprint density at radius 2 is 2.06 bits per heavy atom. The molecule has 0 atom stereocenters. The summed E-state index contributed by atoms with van der Waals surface area (Å²) in [5.74, 6) is -0.711. The molecule has 5 rings (SSSR count). The van der Waals surface area contributed by atoms with E-state index in [1.807, 2.05) is 44.8 Å². The minimum atomic E-state index is -0.714. The normalized spacial score (nSPS) is 26.8. The molecule has 2 N–H and O–H groups in total. The van der Waals surface area contributed by atoms with Crippen molar-refractivity contribution in [2.75, 3.05) is 5.32 Å². The lowest BCUT2D eigenvalue weighted by molar-refractivity contribution is -0.166. The van der Waals surface area contributed by atoms with E-state index in [2.05, 4.69) is 20.6 Å². The average molecular weight is 426 g/mol. The Labute approximate surface area is 182 Å². The van der Waals surface area contributed by atoms with E-state index in [0.29, 0.717) is 12.8 Å². The molecule has 2 aliphatic carbocycles. The smallest absolute Gasteiger partial charge is 0.310 e. The fourth-order valence-corrected chi connectivity index (χ4v) is 5.33. The molecule has 2 aromatic heterocycles. The van der Waals surface area contributed by atoms with E-state index in [-0.39, 0.29) is 17.1 Å². The monoisotopic (exact) mass is 425 g/mol. The summed E-state index contributed by atoms with van der Waals surface area (Å²) in [5.41, 5.74) is 2.48. The van der Waals surface area contributed by atoms with E-state index in [1.54, 1.807) is 0 Å². The van der Waals surface area contributed by atoms with Crippen LogP contribution in [0, 0.1) is 10.8 Å². The number of carboxylic acid groups (broad SMARTS) is 1. The van der Waals surface area contributed by atoms with Crippen LogP contribution in [0.2, 0.25) is 0 Å². The molecule has 2 fully saturated rings. The van der Waals surface area contributed by atoms with Crippen molar-refractivity contribution in [3.63, 3.8) is 0 Å². The van der Waals surface area contributed by atoms with Gasteiger partial charge in [-0.05, 0) is 44.4 Å². The Hall–Kier alpha value is -2.64. The highest BCUT2D eigenvalue weighted by atomic mass is 16.7. The summed E-state index contributed by atoms with van der Waals surface area (Å²) in [6.45, 7) is 8.82. The van der Waals surface area contributed by atoms with E-state index < -0.39 is 11.4 Å². The number of nitrogens with one attached hydrogen (secondary N) is 1. The van der Waals surface area contributed by atoms with E-state index in [4.69, 9.17) is 4.84 Å². The molecule has 0 unspecified atom stereocenters.